The van der Waals surface area contributed by atoms with Crippen LogP contribution in [0.5, 0.6) is 5.88 Å². The zero-order valence-corrected chi connectivity index (χ0v) is 25.2. The molecule has 1 saturated heterocycles. The number of fused-ring (bicyclic) bond motifs is 6. The van der Waals surface area contributed by atoms with Crippen LogP contribution in [0, 0.1) is 16.0 Å². The molecule has 0 saturated carbocycles. The second-order valence-electron chi connectivity index (χ2n) is 12.0. The average molecular weight is 628 g/mol. The Balaban J connectivity index is 1.52. The van der Waals surface area contributed by atoms with Gasteiger partial charge in [0, 0.05) is 37.1 Å². The number of pyridine rings is 1. The first-order valence-electron chi connectivity index (χ1n) is 13.4. The van der Waals surface area contributed by atoms with E-state index in [4.69, 9.17) is 21.9 Å². The van der Waals surface area contributed by atoms with Crippen molar-refractivity contribution in [3.05, 3.63) is 40.8 Å². The maximum Gasteiger partial charge on any atom is 0.397 e. The Kier molecular flexibility index (Phi) is 7.44. The van der Waals surface area contributed by atoms with Crippen LogP contribution in [0.25, 0.3) is 5.82 Å². The third-order valence-corrected chi connectivity index (χ3v) is 9.70. The lowest BCUT2D eigenvalue weighted by Gasteiger charge is -2.34. The van der Waals surface area contributed by atoms with E-state index in [1.54, 1.807) is 4.68 Å². The van der Waals surface area contributed by atoms with Crippen LogP contribution >= 0.6 is 12.2 Å². The third-order valence-electron chi connectivity index (χ3n) is 7.79. The van der Waals surface area contributed by atoms with Crippen molar-refractivity contribution in [3.63, 3.8) is 0 Å². The number of H-pyrrole nitrogens is 1. The number of alkyl halides is 3. The summed E-state index contributed by atoms with van der Waals surface area (Å²) in [5, 5.41) is 7.11. The number of nitrogens with one attached hydrogen (secondary N) is 2. The summed E-state index contributed by atoms with van der Waals surface area (Å²) < 4.78 is 76.5. The molecule has 11 nitrogen and oxygen atoms in total. The SMILES string of the molecule is CC1(C)CC2CCCn3[nH]cc(c3=S)S(=O)(=O)NC(=O)c3ccc(-n4ccc(OCC(C)(C)C(F)(F)F)n4)nc3N1C2. The van der Waals surface area contributed by atoms with Gasteiger partial charge in [-0.3, -0.25) is 9.48 Å². The molecule has 2 aliphatic rings. The molecule has 0 aliphatic carbocycles. The number of rotatable bonds is 4. The van der Waals surface area contributed by atoms with Gasteiger partial charge in [0.15, 0.2) is 5.82 Å². The molecular formula is C26H32F3N7O4S2. The molecule has 1 amide bonds. The van der Waals surface area contributed by atoms with E-state index in [0.29, 0.717) is 13.1 Å². The van der Waals surface area contributed by atoms with Gasteiger partial charge < -0.3 is 14.7 Å². The Labute approximate surface area is 246 Å². The van der Waals surface area contributed by atoms with Gasteiger partial charge in [0.25, 0.3) is 15.9 Å². The largest absolute Gasteiger partial charge is 0.476 e. The van der Waals surface area contributed by atoms with Gasteiger partial charge in [-0.15, -0.1) is 5.10 Å². The van der Waals surface area contributed by atoms with Crippen LogP contribution < -0.4 is 14.4 Å². The van der Waals surface area contributed by atoms with E-state index in [1.807, 2.05) is 18.7 Å². The van der Waals surface area contributed by atoms with Crippen LogP contribution in [0.3, 0.4) is 0 Å². The summed E-state index contributed by atoms with van der Waals surface area (Å²) in [6.45, 7) is 6.61. The molecule has 42 heavy (non-hydrogen) atoms. The Bertz CT molecular complexity index is 1670. The van der Waals surface area contributed by atoms with Crippen LogP contribution in [-0.2, 0) is 16.6 Å². The zero-order valence-electron chi connectivity index (χ0n) is 23.5. The highest BCUT2D eigenvalue weighted by atomic mass is 32.2. The number of hydrogen-bond acceptors (Lipinski definition) is 8. The van der Waals surface area contributed by atoms with Gasteiger partial charge in [0.2, 0.25) is 5.88 Å². The minimum absolute atomic E-state index is 0.0249. The number of ether oxygens (including phenoxy) is 1. The Hall–Kier alpha value is -3.40. The number of aryl methyl sites for hydroxylation is 1. The first-order valence-corrected chi connectivity index (χ1v) is 15.3. The molecule has 0 spiro atoms. The standard InChI is InChI=1S/C26H32F3N7O4S2/c1-24(2,26(27,28)29)15-40-20-9-11-35(32-20)19-8-7-17-21(31-19)34-14-16(12-25(34,3)4)6-5-10-36-23(41)18(13-30-36)42(38,39)33-22(17)37/h7-9,11,13,16,30H,5-6,10,12,14-15H2,1-4H3,(H,33,37). The lowest BCUT2D eigenvalue weighted by atomic mass is 9.93. The smallest absolute Gasteiger partial charge is 0.397 e. The number of aromatic amines is 1. The Morgan fingerprint density at radius 1 is 1.21 bits per heavy atom. The number of carbonyl (C=O) groups is 1. The van der Waals surface area contributed by atoms with Crippen molar-refractivity contribution in [1.29, 1.82) is 0 Å². The first kappa shape index (κ1) is 30.1. The van der Waals surface area contributed by atoms with Gasteiger partial charge in [-0.05, 0) is 65.0 Å². The number of carbonyl (C=O) groups excluding carboxylic acids is 1. The average Bonchev–Trinajstić information content (AvgIpc) is 3.58. The highest BCUT2D eigenvalue weighted by Gasteiger charge is 2.48. The molecule has 4 bridgehead atoms. The quantitative estimate of drug-likeness (QED) is 0.402. The monoisotopic (exact) mass is 627 g/mol. The molecule has 1 fully saturated rings. The van der Waals surface area contributed by atoms with E-state index in [0.717, 1.165) is 33.1 Å². The molecule has 228 valence electrons. The number of nitrogens with zero attached hydrogens (tertiary/aromatic N) is 5. The molecule has 5 rings (SSSR count). The molecular weight excluding hydrogens is 595 g/mol. The Morgan fingerprint density at radius 2 is 1.95 bits per heavy atom. The topological polar surface area (TPSA) is 127 Å². The van der Waals surface area contributed by atoms with E-state index in [-0.39, 0.29) is 38.5 Å². The number of aromatic nitrogens is 5. The molecule has 3 aromatic heterocycles. The molecule has 3 aromatic rings. The summed E-state index contributed by atoms with van der Waals surface area (Å²) in [5.74, 6) is -0.0827. The maximum absolute atomic E-state index is 13.5. The van der Waals surface area contributed by atoms with Gasteiger partial charge in [-0.1, -0.05) is 12.2 Å². The van der Waals surface area contributed by atoms with Crippen molar-refractivity contribution in [2.24, 2.45) is 11.3 Å². The molecule has 1 unspecified atom stereocenters. The molecule has 5 heterocycles. The molecule has 0 radical (unpaired) electrons. The van der Waals surface area contributed by atoms with Crippen molar-refractivity contribution in [1.82, 2.24) is 29.3 Å². The molecule has 2 N–H and O–H groups in total. The van der Waals surface area contributed by atoms with Gasteiger partial charge in [-0.25, -0.2) is 22.8 Å². The van der Waals surface area contributed by atoms with E-state index in [9.17, 15) is 26.4 Å². The number of sulfonamides is 1. The fourth-order valence-corrected chi connectivity index (χ4v) is 6.81. The summed E-state index contributed by atoms with van der Waals surface area (Å²) in [7, 11) is -4.30. The van der Waals surface area contributed by atoms with Crippen LogP contribution in [0.1, 0.15) is 57.3 Å². The highest BCUT2D eigenvalue weighted by Crippen LogP contribution is 2.40. The number of halogens is 3. The Morgan fingerprint density at radius 3 is 2.67 bits per heavy atom. The summed E-state index contributed by atoms with van der Waals surface area (Å²) in [6, 6.07) is 4.36. The van der Waals surface area contributed by atoms with Crippen molar-refractivity contribution in [2.45, 2.75) is 70.1 Å². The highest BCUT2D eigenvalue weighted by molar-refractivity contribution is 7.90. The van der Waals surface area contributed by atoms with Crippen LogP contribution in [0.2, 0.25) is 0 Å². The van der Waals surface area contributed by atoms with Crippen molar-refractivity contribution in [2.75, 3.05) is 18.1 Å². The van der Waals surface area contributed by atoms with Crippen molar-refractivity contribution >= 4 is 34.0 Å². The summed E-state index contributed by atoms with van der Waals surface area (Å²) in [5.41, 5.74) is -2.46. The van der Waals surface area contributed by atoms with Crippen LogP contribution in [0.15, 0.2) is 35.5 Å². The van der Waals surface area contributed by atoms with Gasteiger partial charge in [0.1, 0.15) is 22.0 Å². The van der Waals surface area contributed by atoms with E-state index < -0.39 is 39.7 Å². The van der Waals surface area contributed by atoms with Gasteiger partial charge >= 0.3 is 6.18 Å². The summed E-state index contributed by atoms with van der Waals surface area (Å²) in [4.78, 5) is 20.0. The predicted molar refractivity (Wildman–Crippen MR) is 150 cm³/mol. The maximum atomic E-state index is 13.5. The summed E-state index contributed by atoms with van der Waals surface area (Å²) >= 11 is 5.37. The van der Waals surface area contributed by atoms with E-state index in [1.165, 1.54) is 35.3 Å². The minimum atomic E-state index is -4.45. The van der Waals surface area contributed by atoms with E-state index >= 15 is 0 Å². The second-order valence-corrected chi connectivity index (χ2v) is 14.0. The summed E-state index contributed by atoms with van der Waals surface area (Å²) in [6.07, 6.45) is 0.724. The van der Waals surface area contributed by atoms with E-state index in [2.05, 4.69) is 14.9 Å². The number of anilines is 1. The normalized spacial score (nSPS) is 20.5. The van der Waals surface area contributed by atoms with Crippen LogP contribution in [0.4, 0.5) is 19.0 Å². The second kappa shape index (κ2) is 10.4. The van der Waals surface area contributed by atoms with Crippen LogP contribution in [-0.4, -0.2) is 63.7 Å². The molecule has 0 aromatic carbocycles. The predicted octanol–water partition coefficient (Wildman–Crippen LogP) is 4.61. The van der Waals surface area contributed by atoms with Gasteiger partial charge in [0.05, 0.1) is 11.0 Å². The molecule has 16 heteroatoms. The number of hydrogen-bond donors (Lipinski definition) is 2. The lowest BCUT2D eigenvalue weighted by Crippen LogP contribution is -2.41. The third kappa shape index (κ3) is 5.65. The zero-order chi connectivity index (χ0) is 30.7. The minimum Gasteiger partial charge on any atom is -0.476 e. The van der Waals surface area contributed by atoms with Crippen molar-refractivity contribution < 1.29 is 31.1 Å². The first-order chi connectivity index (χ1) is 19.5. The lowest BCUT2D eigenvalue weighted by molar-refractivity contribution is -0.219. The fourth-order valence-electron chi connectivity index (χ4n) is 5.27. The fraction of sp³-hybridized carbons (Fsp3) is 0.538. The van der Waals surface area contributed by atoms with Gasteiger partial charge in [-0.2, -0.15) is 13.2 Å². The number of amides is 1. The van der Waals surface area contributed by atoms with Crippen molar-refractivity contribution in [3.8, 4) is 11.7 Å². The molecule has 1 atom stereocenters. The molecule has 2 aliphatic heterocycles.